The maximum absolute atomic E-state index is 16.4. The van der Waals surface area contributed by atoms with Crippen LogP contribution in [0, 0.1) is 0 Å². The van der Waals surface area contributed by atoms with Gasteiger partial charge in [0.2, 0.25) is 11.3 Å². The summed E-state index contributed by atoms with van der Waals surface area (Å²) in [5.74, 6) is -2.35. The topological polar surface area (TPSA) is 93.7 Å². The van der Waals surface area contributed by atoms with Crippen molar-refractivity contribution < 1.29 is 32.6 Å². The number of carbonyl (C=O) groups is 3. The van der Waals surface area contributed by atoms with Gasteiger partial charge in [0.15, 0.2) is 0 Å². The van der Waals surface area contributed by atoms with E-state index >= 15 is 8.78 Å². The summed E-state index contributed by atoms with van der Waals surface area (Å²) in [7, 11) is 0. The van der Waals surface area contributed by atoms with Crippen LogP contribution in [-0.4, -0.2) is 48.0 Å². The second-order valence-corrected chi connectivity index (χ2v) is 11.6. The van der Waals surface area contributed by atoms with E-state index < -0.39 is 60.8 Å². The maximum Gasteiger partial charge on any atom is 0.407 e. The molecule has 218 valence electrons. The third-order valence-electron chi connectivity index (χ3n) is 5.89. The number of rotatable bonds is 11. The highest BCUT2D eigenvalue weighted by Gasteiger charge is 2.45. The van der Waals surface area contributed by atoms with Crippen LogP contribution in [0.3, 0.4) is 0 Å². The average molecular weight is 632 g/mol. The van der Waals surface area contributed by atoms with Crippen LogP contribution in [0.2, 0.25) is 0 Å². The van der Waals surface area contributed by atoms with Gasteiger partial charge in [-0.3, -0.25) is 4.79 Å². The molecule has 0 aromatic heterocycles. The summed E-state index contributed by atoms with van der Waals surface area (Å²) in [4.78, 5) is 38.6. The second-order valence-electron chi connectivity index (χ2n) is 10.6. The Balaban J connectivity index is 1.82. The summed E-state index contributed by atoms with van der Waals surface area (Å²) in [6, 6.07) is 22.9. The lowest BCUT2D eigenvalue weighted by molar-refractivity contribution is -0.148. The standard InChI is InChI=1S/C31H33BrF2N2O5/c1-29(2,3)41-28(39)36-20-30(33,18-22-10-6-4-7-11-22)26(37)35-21-31(34,19-23-12-8-5-9-13-23)27(38)40-25-16-14-24(32)15-17-25/h4-17H,18-21H2,1-3H3,(H,35,37)(H,36,39)/t30-,31-/m1/s1. The Bertz CT molecular complexity index is 1320. The van der Waals surface area contributed by atoms with Gasteiger partial charge in [0.25, 0.3) is 5.91 Å². The van der Waals surface area contributed by atoms with E-state index in [4.69, 9.17) is 9.47 Å². The van der Waals surface area contributed by atoms with Gasteiger partial charge in [-0.2, -0.15) is 0 Å². The van der Waals surface area contributed by atoms with E-state index in [0.717, 1.165) is 4.47 Å². The van der Waals surface area contributed by atoms with Gasteiger partial charge >= 0.3 is 12.1 Å². The Morgan fingerprint density at radius 2 is 1.22 bits per heavy atom. The molecule has 2 amide bonds. The molecule has 0 aliphatic heterocycles. The van der Waals surface area contributed by atoms with Crippen molar-refractivity contribution in [1.82, 2.24) is 10.6 Å². The molecule has 41 heavy (non-hydrogen) atoms. The molecule has 2 N–H and O–H groups in total. The first-order valence-corrected chi connectivity index (χ1v) is 13.8. The van der Waals surface area contributed by atoms with Gasteiger partial charge in [0.05, 0.1) is 13.1 Å². The number of benzene rings is 3. The summed E-state index contributed by atoms with van der Waals surface area (Å²) < 4.78 is 43.9. The molecule has 2 atom stereocenters. The number of nitrogens with one attached hydrogen (secondary N) is 2. The van der Waals surface area contributed by atoms with Gasteiger partial charge in [-0.05, 0) is 56.2 Å². The molecule has 0 saturated carbocycles. The zero-order chi connectivity index (χ0) is 30.1. The molecule has 0 saturated heterocycles. The number of alkyl halides is 2. The molecular weight excluding hydrogens is 598 g/mol. The van der Waals surface area contributed by atoms with Crippen molar-refractivity contribution in [3.63, 3.8) is 0 Å². The zero-order valence-electron chi connectivity index (χ0n) is 23.1. The van der Waals surface area contributed by atoms with Gasteiger partial charge in [0.1, 0.15) is 11.4 Å². The fourth-order valence-electron chi connectivity index (χ4n) is 3.88. The monoisotopic (exact) mass is 630 g/mol. The van der Waals surface area contributed by atoms with Crippen molar-refractivity contribution in [3.8, 4) is 5.75 Å². The minimum Gasteiger partial charge on any atom is -0.444 e. The Hall–Kier alpha value is -3.79. The molecule has 3 aromatic rings. The number of halogens is 3. The first-order valence-electron chi connectivity index (χ1n) is 13.0. The summed E-state index contributed by atoms with van der Waals surface area (Å²) in [6.45, 7) is 3.32. The van der Waals surface area contributed by atoms with E-state index in [9.17, 15) is 14.4 Å². The van der Waals surface area contributed by atoms with E-state index in [2.05, 4.69) is 26.6 Å². The average Bonchev–Trinajstić information content (AvgIpc) is 2.92. The minimum absolute atomic E-state index is 0.102. The molecule has 0 radical (unpaired) electrons. The lowest BCUT2D eigenvalue weighted by Crippen LogP contribution is -2.57. The van der Waals surface area contributed by atoms with Crippen molar-refractivity contribution in [3.05, 3.63) is 101 Å². The summed E-state index contributed by atoms with van der Waals surface area (Å²) in [6.07, 6.45) is -1.77. The second kappa shape index (κ2) is 13.7. The third kappa shape index (κ3) is 9.97. The van der Waals surface area contributed by atoms with Gasteiger partial charge in [-0.15, -0.1) is 0 Å². The fraction of sp³-hybridized carbons (Fsp3) is 0.323. The van der Waals surface area contributed by atoms with Gasteiger partial charge in [-0.1, -0.05) is 76.6 Å². The van der Waals surface area contributed by atoms with Crippen LogP contribution < -0.4 is 15.4 Å². The quantitative estimate of drug-likeness (QED) is 0.203. The number of esters is 1. The molecule has 0 bridgehead atoms. The molecule has 0 spiro atoms. The Morgan fingerprint density at radius 3 is 1.73 bits per heavy atom. The number of alkyl carbamates (subject to hydrolysis) is 1. The Labute approximate surface area is 246 Å². The van der Waals surface area contributed by atoms with E-state index in [1.165, 1.54) is 12.1 Å². The van der Waals surface area contributed by atoms with Crippen LogP contribution in [0.5, 0.6) is 5.75 Å². The van der Waals surface area contributed by atoms with Crippen LogP contribution in [0.1, 0.15) is 31.9 Å². The molecule has 3 aromatic carbocycles. The van der Waals surface area contributed by atoms with E-state index in [1.807, 2.05) is 0 Å². The highest BCUT2D eigenvalue weighted by Crippen LogP contribution is 2.25. The molecule has 3 rings (SSSR count). The smallest absolute Gasteiger partial charge is 0.407 e. The van der Waals surface area contributed by atoms with E-state index in [-0.39, 0.29) is 5.75 Å². The molecule has 0 heterocycles. The molecule has 0 aliphatic carbocycles. The van der Waals surface area contributed by atoms with Crippen LogP contribution in [0.25, 0.3) is 0 Å². The van der Waals surface area contributed by atoms with Crippen molar-refractivity contribution >= 4 is 33.9 Å². The van der Waals surface area contributed by atoms with Crippen molar-refractivity contribution in [2.75, 3.05) is 13.1 Å². The molecule has 10 heteroatoms. The van der Waals surface area contributed by atoms with E-state index in [1.54, 1.807) is 93.6 Å². The Morgan fingerprint density at radius 1 is 0.732 bits per heavy atom. The SMILES string of the molecule is CC(C)(C)OC(=O)NC[C@](F)(Cc1ccccc1)C(=O)NC[C@](F)(Cc1ccccc1)C(=O)Oc1ccc(Br)cc1. The lowest BCUT2D eigenvalue weighted by Gasteiger charge is -2.29. The lowest BCUT2D eigenvalue weighted by atomic mass is 9.93. The van der Waals surface area contributed by atoms with Crippen LogP contribution in [-0.2, 0) is 27.2 Å². The third-order valence-corrected chi connectivity index (χ3v) is 6.42. The van der Waals surface area contributed by atoms with Gasteiger partial charge in [-0.25, -0.2) is 18.4 Å². The van der Waals surface area contributed by atoms with Crippen molar-refractivity contribution in [2.24, 2.45) is 0 Å². The highest BCUT2D eigenvalue weighted by atomic mass is 79.9. The van der Waals surface area contributed by atoms with Crippen molar-refractivity contribution in [2.45, 2.75) is 50.6 Å². The number of carbonyl (C=O) groups excluding carboxylic acids is 3. The van der Waals surface area contributed by atoms with Gasteiger partial charge < -0.3 is 20.1 Å². The minimum atomic E-state index is -2.74. The van der Waals surface area contributed by atoms with Crippen LogP contribution >= 0.6 is 15.9 Å². The molecule has 0 aliphatic rings. The summed E-state index contributed by atoms with van der Waals surface area (Å²) >= 11 is 3.28. The first kappa shape index (κ1) is 31.7. The maximum atomic E-state index is 16.4. The molecule has 0 fully saturated rings. The van der Waals surface area contributed by atoms with E-state index in [0.29, 0.717) is 11.1 Å². The van der Waals surface area contributed by atoms with Crippen LogP contribution in [0.15, 0.2) is 89.4 Å². The highest BCUT2D eigenvalue weighted by molar-refractivity contribution is 9.10. The normalized spacial score (nSPS) is 14.2. The fourth-order valence-corrected chi connectivity index (χ4v) is 4.14. The first-order chi connectivity index (χ1) is 19.3. The number of ether oxygens (including phenoxy) is 2. The molecule has 0 unspecified atom stereocenters. The summed E-state index contributed by atoms with van der Waals surface area (Å²) in [5, 5.41) is 4.55. The Kier molecular flexibility index (Phi) is 10.6. The number of hydrogen-bond donors (Lipinski definition) is 2. The van der Waals surface area contributed by atoms with Crippen molar-refractivity contribution in [1.29, 1.82) is 0 Å². The number of hydrogen-bond acceptors (Lipinski definition) is 5. The molecular formula is C31H33BrF2N2O5. The predicted molar refractivity (Wildman–Crippen MR) is 155 cm³/mol. The number of amides is 2. The van der Waals surface area contributed by atoms with Gasteiger partial charge in [0, 0.05) is 17.3 Å². The van der Waals surface area contributed by atoms with Crippen LogP contribution in [0.4, 0.5) is 13.6 Å². The molecule has 7 nitrogen and oxygen atoms in total. The predicted octanol–water partition coefficient (Wildman–Crippen LogP) is 5.90. The largest absolute Gasteiger partial charge is 0.444 e. The zero-order valence-corrected chi connectivity index (χ0v) is 24.7. The summed E-state index contributed by atoms with van der Waals surface area (Å²) in [5.41, 5.74) is -5.33.